The first-order valence-corrected chi connectivity index (χ1v) is 10.2. The number of rotatable bonds is 4. The Kier molecular flexibility index (Phi) is 4.20. The zero-order valence-electron chi connectivity index (χ0n) is 14.7. The van der Waals surface area contributed by atoms with Gasteiger partial charge >= 0.3 is 0 Å². The van der Waals surface area contributed by atoms with Crippen LogP contribution < -0.4 is 5.56 Å². The van der Waals surface area contributed by atoms with Gasteiger partial charge in [0.2, 0.25) is 5.89 Å². The quantitative estimate of drug-likeness (QED) is 0.423. The summed E-state index contributed by atoms with van der Waals surface area (Å²) in [6, 6.07) is 8.00. The van der Waals surface area contributed by atoms with Crippen molar-refractivity contribution in [1.82, 2.24) is 24.7 Å². The number of nitrogens with one attached hydrogen (secondary N) is 1. The van der Waals surface area contributed by atoms with E-state index in [0.717, 1.165) is 23.9 Å². The average Bonchev–Trinajstić information content (AvgIpc) is 3.31. The molecule has 1 aliphatic carbocycles. The minimum absolute atomic E-state index is 0.151. The molecule has 0 unspecified atom stereocenters. The second-order valence-electron chi connectivity index (χ2n) is 6.85. The lowest BCUT2D eigenvalue weighted by atomic mass is 9.96. The summed E-state index contributed by atoms with van der Waals surface area (Å²) in [6.45, 7) is 0. The SMILES string of the molecule is O=c1[nH]c(SCc2nc3ccccc3o2)nc2c1cnn2C1CCCCC1. The topological polar surface area (TPSA) is 89.6 Å². The van der Waals surface area contributed by atoms with Gasteiger partial charge in [0, 0.05) is 0 Å². The van der Waals surface area contributed by atoms with Gasteiger partial charge in [0.1, 0.15) is 10.9 Å². The first kappa shape index (κ1) is 16.6. The molecular formula is C19H19N5O2S. The molecule has 0 amide bonds. The zero-order chi connectivity index (χ0) is 18.2. The summed E-state index contributed by atoms with van der Waals surface area (Å²) in [7, 11) is 0. The molecule has 0 saturated heterocycles. The molecule has 1 fully saturated rings. The van der Waals surface area contributed by atoms with Gasteiger partial charge in [-0.05, 0) is 25.0 Å². The van der Waals surface area contributed by atoms with E-state index >= 15 is 0 Å². The van der Waals surface area contributed by atoms with E-state index in [9.17, 15) is 4.79 Å². The number of nitrogens with zero attached hydrogens (tertiary/aromatic N) is 4. The van der Waals surface area contributed by atoms with Crippen molar-refractivity contribution >= 4 is 33.9 Å². The molecule has 3 aromatic heterocycles. The number of aromatic amines is 1. The molecule has 1 N–H and O–H groups in total. The molecule has 0 atom stereocenters. The van der Waals surface area contributed by atoms with E-state index in [1.807, 2.05) is 28.9 Å². The number of para-hydroxylation sites is 2. The molecule has 27 heavy (non-hydrogen) atoms. The Morgan fingerprint density at radius 2 is 2.04 bits per heavy atom. The maximum atomic E-state index is 12.4. The molecule has 138 valence electrons. The van der Waals surface area contributed by atoms with E-state index in [-0.39, 0.29) is 5.56 Å². The van der Waals surface area contributed by atoms with Crippen LogP contribution in [0.15, 0.2) is 44.8 Å². The van der Waals surface area contributed by atoms with Crippen molar-refractivity contribution in [3.05, 3.63) is 46.7 Å². The molecule has 8 heteroatoms. The molecule has 4 aromatic rings. The monoisotopic (exact) mass is 381 g/mol. The van der Waals surface area contributed by atoms with Crippen molar-refractivity contribution in [1.29, 1.82) is 0 Å². The van der Waals surface area contributed by atoms with Gasteiger partial charge in [-0.15, -0.1) is 0 Å². The first-order valence-electron chi connectivity index (χ1n) is 9.23. The highest BCUT2D eigenvalue weighted by molar-refractivity contribution is 7.98. The Balaban J connectivity index is 1.43. The Bertz CT molecular complexity index is 1120. The molecule has 0 spiro atoms. The van der Waals surface area contributed by atoms with Crippen molar-refractivity contribution < 1.29 is 4.42 Å². The van der Waals surface area contributed by atoms with Crippen molar-refractivity contribution in [3.63, 3.8) is 0 Å². The number of H-pyrrole nitrogens is 1. The summed E-state index contributed by atoms with van der Waals surface area (Å²) in [5, 5.41) is 5.57. The molecule has 0 radical (unpaired) electrons. The van der Waals surface area contributed by atoms with Crippen molar-refractivity contribution in [2.24, 2.45) is 0 Å². The van der Waals surface area contributed by atoms with Gasteiger partial charge in [0.15, 0.2) is 16.4 Å². The fraction of sp³-hybridized carbons (Fsp3) is 0.368. The van der Waals surface area contributed by atoms with Crippen LogP contribution in [0.3, 0.4) is 0 Å². The maximum Gasteiger partial charge on any atom is 0.262 e. The Morgan fingerprint density at radius 3 is 2.89 bits per heavy atom. The molecule has 7 nitrogen and oxygen atoms in total. The average molecular weight is 381 g/mol. The number of hydrogen-bond donors (Lipinski definition) is 1. The Hall–Kier alpha value is -2.61. The highest BCUT2D eigenvalue weighted by atomic mass is 32.2. The van der Waals surface area contributed by atoms with E-state index < -0.39 is 0 Å². The van der Waals surface area contributed by atoms with Crippen molar-refractivity contribution in [2.75, 3.05) is 0 Å². The normalized spacial score (nSPS) is 15.7. The van der Waals surface area contributed by atoms with Gasteiger partial charge in [-0.25, -0.2) is 14.6 Å². The predicted molar refractivity (Wildman–Crippen MR) is 104 cm³/mol. The number of thioether (sulfide) groups is 1. The van der Waals surface area contributed by atoms with Gasteiger partial charge in [-0.1, -0.05) is 43.2 Å². The lowest BCUT2D eigenvalue weighted by Gasteiger charge is -2.22. The highest BCUT2D eigenvalue weighted by Crippen LogP contribution is 2.30. The van der Waals surface area contributed by atoms with Crippen LogP contribution in [0.4, 0.5) is 0 Å². The molecule has 0 bridgehead atoms. The van der Waals surface area contributed by atoms with Gasteiger partial charge in [-0.2, -0.15) is 5.10 Å². The number of fused-ring (bicyclic) bond motifs is 2. The third kappa shape index (κ3) is 3.14. The van der Waals surface area contributed by atoms with Gasteiger partial charge in [0.25, 0.3) is 5.56 Å². The van der Waals surface area contributed by atoms with E-state index in [2.05, 4.69) is 20.1 Å². The van der Waals surface area contributed by atoms with Crippen LogP contribution in [0.1, 0.15) is 44.0 Å². The minimum Gasteiger partial charge on any atom is -0.440 e. The molecule has 1 saturated carbocycles. The summed E-state index contributed by atoms with van der Waals surface area (Å²) in [5.74, 6) is 1.12. The predicted octanol–water partition coefficient (Wildman–Crippen LogP) is 4.06. The number of aromatic nitrogens is 5. The van der Waals surface area contributed by atoms with Crippen LogP contribution in [0, 0.1) is 0 Å². The van der Waals surface area contributed by atoms with E-state index in [0.29, 0.717) is 33.9 Å². The zero-order valence-corrected chi connectivity index (χ0v) is 15.5. The van der Waals surface area contributed by atoms with Crippen LogP contribution in [-0.2, 0) is 5.75 Å². The molecule has 3 heterocycles. The maximum absolute atomic E-state index is 12.4. The standard InChI is InChI=1S/C19H19N5O2S/c25-18-13-10-20-24(12-6-2-1-3-7-12)17(13)22-19(23-18)27-11-16-21-14-8-4-5-9-15(14)26-16/h4-5,8-10,12H,1-3,6-7,11H2,(H,22,23,25). The number of benzene rings is 1. The van der Waals surface area contributed by atoms with Gasteiger partial charge in [-0.3, -0.25) is 4.79 Å². The smallest absolute Gasteiger partial charge is 0.262 e. The van der Waals surface area contributed by atoms with E-state index in [1.54, 1.807) is 6.20 Å². The van der Waals surface area contributed by atoms with E-state index in [4.69, 9.17) is 4.42 Å². The van der Waals surface area contributed by atoms with Crippen LogP contribution in [0.25, 0.3) is 22.1 Å². The van der Waals surface area contributed by atoms with E-state index in [1.165, 1.54) is 31.0 Å². The molecule has 1 aromatic carbocycles. The summed E-state index contributed by atoms with van der Waals surface area (Å²) in [6.07, 6.45) is 7.50. The number of oxazole rings is 1. The van der Waals surface area contributed by atoms with Crippen LogP contribution >= 0.6 is 11.8 Å². The summed E-state index contributed by atoms with van der Waals surface area (Å²) in [5.41, 5.74) is 2.12. The van der Waals surface area contributed by atoms with Crippen LogP contribution in [0.2, 0.25) is 0 Å². The summed E-state index contributed by atoms with van der Waals surface area (Å²) in [4.78, 5) is 24.4. The van der Waals surface area contributed by atoms with Crippen LogP contribution in [-0.4, -0.2) is 24.7 Å². The minimum atomic E-state index is -0.151. The van der Waals surface area contributed by atoms with Gasteiger partial charge < -0.3 is 9.40 Å². The third-order valence-electron chi connectivity index (χ3n) is 5.03. The first-order chi connectivity index (χ1) is 13.3. The second kappa shape index (κ2) is 6.84. The Labute approximate surface area is 159 Å². The number of hydrogen-bond acceptors (Lipinski definition) is 6. The summed E-state index contributed by atoms with van der Waals surface area (Å²) >= 11 is 1.41. The Morgan fingerprint density at radius 1 is 1.19 bits per heavy atom. The molecular weight excluding hydrogens is 362 g/mol. The highest BCUT2D eigenvalue weighted by Gasteiger charge is 2.20. The molecule has 1 aliphatic rings. The lowest BCUT2D eigenvalue weighted by Crippen LogP contribution is -2.16. The third-order valence-corrected chi connectivity index (χ3v) is 5.89. The summed E-state index contributed by atoms with van der Waals surface area (Å²) < 4.78 is 7.68. The van der Waals surface area contributed by atoms with Crippen LogP contribution in [0.5, 0.6) is 0 Å². The second-order valence-corrected chi connectivity index (χ2v) is 7.82. The molecule has 0 aliphatic heterocycles. The fourth-order valence-corrected chi connectivity index (χ4v) is 4.39. The molecule has 5 rings (SSSR count). The largest absolute Gasteiger partial charge is 0.440 e. The lowest BCUT2D eigenvalue weighted by molar-refractivity contribution is 0.335. The van der Waals surface area contributed by atoms with Gasteiger partial charge in [0.05, 0.1) is 18.0 Å². The fourth-order valence-electron chi connectivity index (χ4n) is 3.69. The van der Waals surface area contributed by atoms with Crippen molar-refractivity contribution in [3.8, 4) is 0 Å². The van der Waals surface area contributed by atoms with Crippen molar-refractivity contribution in [2.45, 2.75) is 49.1 Å².